The van der Waals surface area contributed by atoms with Crippen LogP contribution >= 0.6 is 0 Å². The average Bonchev–Trinajstić information content (AvgIpc) is 3.02. The summed E-state index contributed by atoms with van der Waals surface area (Å²) >= 11 is 0. The van der Waals surface area contributed by atoms with Gasteiger partial charge in [-0.3, -0.25) is 9.69 Å². The molecule has 0 unspecified atom stereocenters. The summed E-state index contributed by atoms with van der Waals surface area (Å²) in [6.45, 7) is 0.621. The highest BCUT2D eigenvalue weighted by molar-refractivity contribution is 5.90. The Balaban J connectivity index is 1.27. The Morgan fingerprint density at radius 3 is 2.10 bits per heavy atom. The number of carboxylic acids is 1. The van der Waals surface area contributed by atoms with E-state index in [1.54, 1.807) is 24.3 Å². The number of carbonyl (C=O) groups is 3. The van der Waals surface area contributed by atoms with Crippen LogP contribution in [0.15, 0.2) is 109 Å². The number of rotatable bonds is 10. The van der Waals surface area contributed by atoms with E-state index in [2.05, 4.69) is 5.32 Å². The first kappa shape index (κ1) is 28.4. The van der Waals surface area contributed by atoms with Gasteiger partial charge in [0, 0.05) is 12.8 Å². The summed E-state index contributed by atoms with van der Waals surface area (Å²) in [7, 11) is 0. The van der Waals surface area contributed by atoms with Gasteiger partial charge in [-0.2, -0.15) is 0 Å². The van der Waals surface area contributed by atoms with E-state index in [4.69, 9.17) is 9.47 Å². The van der Waals surface area contributed by atoms with Crippen molar-refractivity contribution in [3.8, 4) is 5.75 Å². The molecule has 2 atom stereocenters. The average molecular weight is 565 g/mol. The number of amides is 2. The molecule has 214 valence electrons. The summed E-state index contributed by atoms with van der Waals surface area (Å²) in [6, 6.07) is 31.6. The van der Waals surface area contributed by atoms with Gasteiger partial charge >= 0.3 is 12.1 Å². The number of benzene rings is 4. The molecule has 8 heteroatoms. The molecule has 0 fully saturated rings. The number of aliphatic carboxylic acids is 1. The Kier molecular flexibility index (Phi) is 9.13. The van der Waals surface area contributed by atoms with Crippen LogP contribution in [-0.2, 0) is 46.9 Å². The molecule has 42 heavy (non-hydrogen) atoms. The van der Waals surface area contributed by atoms with Gasteiger partial charge in [0.25, 0.3) is 0 Å². The van der Waals surface area contributed by atoms with Crippen molar-refractivity contribution in [2.75, 3.05) is 0 Å². The molecule has 5 rings (SSSR count). The molecule has 1 aliphatic rings. The third kappa shape index (κ3) is 7.34. The van der Waals surface area contributed by atoms with Crippen LogP contribution in [-0.4, -0.2) is 40.1 Å². The predicted octanol–water partition coefficient (Wildman–Crippen LogP) is 5.14. The van der Waals surface area contributed by atoms with Gasteiger partial charge in [-0.1, -0.05) is 97.1 Å². The normalized spacial score (nSPS) is 14.8. The number of hydrogen-bond donors (Lipinski definition) is 2. The topological polar surface area (TPSA) is 105 Å². The maximum atomic E-state index is 13.6. The molecule has 2 N–H and O–H groups in total. The number of nitrogens with zero attached hydrogens (tertiary/aromatic N) is 1. The summed E-state index contributed by atoms with van der Waals surface area (Å²) in [5, 5.41) is 12.7. The number of fused-ring (bicyclic) bond motifs is 1. The molecule has 4 aromatic rings. The smallest absolute Gasteiger partial charge is 0.411 e. The van der Waals surface area contributed by atoms with Crippen molar-refractivity contribution < 1.29 is 29.0 Å². The van der Waals surface area contributed by atoms with Crippen LogP contribution in [0.25, 0.3) is 0 Å². The van der Waals surface area contributed by atoms with Gasteiger partial charge in [0.15, 0.2) is 0 Å². The van der Waals surface area contributed by atoms with Crippen molar-refractivity contribution >= 4 is 18.0 Å². The standard InChI is InChI=1S/C34H32N2O6/c37-32(35-30(33(38)39)19-26-14-9-17-29(18-26)41-22-24-10-3-1-4-11-24)31-20-27-15-7-8-16-28(27)21-36(31)34(40)42-23-25-12-5-2-6-13-25/h1-18,30-31H,19-23H2,(H,35,37)(H,38,39)/t30-,31-/m0/s1. The van der Waals surface area contributed by atoms with Gasteiger partial charge in [0.05, 0.1) is 6.54 Å². The van der Waals surface area contributed by atoms with E-state index in [1.165, 1.54) is 4.90 Å². The third-order valence-electron chi connectivity index (χ3n) is 7.19. The monoisotopic (exact) mass is 564 g/mol. The Hall–Kier alpha value is -5.11. The molecule has 1 heterocycles. The van der Waals surface area contributed by atoms with Crippen molar-refractivity contribution in [2.24, 2.45) is 0 Å². The minimum Gasteiger partial charge on any atom is -0.489 e. The zero-order chi connectivity index (χ0) is 29.3. The van der Waals surface area contributed by atoms with Crippen LogP contribution in [0.2, 0.25) is 0 Å². The molecule has 0 spiro atoms. The summed E-state index contributed by atoms with van der Waals surface area (Å²) in [6.07, 6.45) is -0.341. The van der Waals surface area contributed by atoms with E-state index >= 15 is 0 Å². The third-order valence-corrected chi connectivity index (χ3v) is 7.19. The Labute approximate surface area is 244 Å². The second kappa shape index (κ2) is 13.5. The number of ether oxygens (including phenoxy) is 2. The van der Waals surface area contributed by atoms with Crippen LogP contribution in [0.5, 0.6) is 5.75 Å². The summed E-state index contributed by atoms with van der Waals surface area (Å²) in [5.74, 6) is -1.12. The first-order chi connectivity index (χ1) is 20.5. The van der Waals surface area contributed by atoms with Crippen LogP contribution in [0.3, 0.4) is 0 Å². The summed E-state index contributed by atoms with van der Waals surface area (Å²) < 4.78 is 11.4. The molecular weight excluding hydrogens is 532 g/mol. The first-order valence-corrected chi connectivity index (χ1v) is 13.8. The highest BCUT2D eigenvalue weighted by Gasteiger charge is 2.37. The zero-order valence-electron chi connectivity index (χ0n) is 23.0. The van der Waals surface area contributed by atoms with Crippen LogP contribution in [0, 0.1) is 0 Å². The van der Waals surface area contributed by atoms with Gasteiger partial charge in [-0.15, -0.1) is 0 Å². The fourth-order valence-corrected chi connectivity index (χ4v) is 4.96. The number of hydrogen-bond acceptors (Lipinski definition) is 5. The van der Waals surface area contributed by atoms with Gasteiger partial charge in [0.2, 0.25) is 5.91 Å². The molecular formula is C34H32N2O6. The van der Waals surface area contributed by atoms with Crippen molar-refractivity contribution in [2.45, 2.75) is 44.7 Å². The SMILES string of the molecule is O=C(O)[C@H](Cc1cccc(OCc2ccccc2)c1)NC(=O)[C@@H]1Cc2ccccc2CN1C(=O)OCc1ccccc1. The highest BCUT2D eigenvalue weighted by atomic mass is 16.6. The van der Waals surface area contributed by atoms with Crippen molar-refractivity contribution in [1.82, 2.24) is 10.2 Å². The predicted molar refractivity (Wildman–Crippen MR) is 157 cm³/mol. The maximum absolute atomic E-state index is 13.6. The molecule has 4 aromatic carbocycles. The lowest BCUT2D eigenvalue weighted by molar-refractivity contribution is -0.142. The van der Waals surface area contributed by atoms with Crippen LogP contribution in [0.4, 0.5) is 4.79 Å². The number of carbonyl (C=O) groups excluding carboxylic acids is 2. The summed E-state index contributed by atoms with van der Waals surface area (Å²) in [5.41, 5.74) is 4.38. The minimum atomic E-state index is -1.21. The lowest BCUT2D eigenvalue weighted by Crippen LogP contribution is -2.56. The molecule has 0 bridgehead atoms. The fourth-order valence-electron chi connectivity index (χ4n) is 4.96. The molecule has 2 amide bonds. The molecule has 0 saturated heterocycles. The van der Waals surface area contributed by atoms with Crippen molar-refractivity contribution in [1.29, 1.82) is 0 Å². The van der Waals surface area contributed by atoms with Gasteiger partial charge in [-0.05, 0) is 39.9 Å². The zero-order valence-corrected chi connectivity index (χ0v) is 23.0. The lowest BCUT2D eigenvalue weighted by atomic mass is 9.93. The van der Waals surface area contributed by atoms with Gasteiger partial charge in [-0.25, -0.2) is 9.59 Å². The highest BCUT2D eigenvalue weighted by Crippen LogP contribution is 2.25. The molecule has 8 nitrogen and oxygen atoms in total. The number of nitrogens with one attached hydrogen (secondary N) is 1. The van der Waals surface area contributed by atoms with Gasteiger partial charge < -0.3 is 19.9 Å². The van der Waals surface area contributed by atoms with Crippen LogP contribution in [0.1, 0.15) is 27.8 Å². The second-order valence-electron chi connectivity index (χ2n) is 10.2. The molecule has 0 aliphatic carbocycles. The maximum Gasteiger partial charge on any atom is 0.411 e. The van der Waals surface area contributed by atoms with E-state index < -0.39 is 30.1 Å². The molecule has 0 aromatic heterocycles. The fraction of sp³-hybridized carbons (Fsp3) is 0.206. The van der Waals surface area contributed by atoms with E-state index in [9.17, 15) is 19.5 Å². The van der Waals surface area contributed by atoms with E-state index in [0.717, 1.165) is 22.3 Å². The molecule has 0 saturated carbocycles. The van der Waals surface area contributed by atoms with Crippen molar-refractivity contribution in [3.63, 3.8) is 0 Å². The quantitative estimate of drug-likeness (QED) is 0.276. The largest absolute Gasteiger partial charge is 0.489 e. The second-order valence-corrected chi connectivity index (χ2v) is 10.2. The lowest BCUT2D eigenvalue weighted by Gasteiger charge is -2.35. The molecule has 1 aliphatic heterocycles. The van der Waals surface area contributed by atoms with Gasteiger partial charge in [0.1, 0.15) is 31.0 Å². The van der Waals surface area contributed by atoms with E-state index in [-0.39, 0.29) is 26.0 Å². The van der Waals surface area contributed by atoms with E-state index in [0.29, 0.717) is 17.9 Å². The molecule has 0 radical (unpaired) electrons. The summed E-state index contributed by atoms with van der Waals surface area (Å²) in [4.78, 5) is 40.4. The van der Waals surface area contributed by atoms with E-state index in [1.807, 2.05) is 84.9 Å². The minimum absolute atomic E-state index is 0.0470. The first-order valence-electron chi connectivity index (χ1n) is 13.8. The van der Waals surface area contributed by atoms with Crippen LogP contribution < -0.4 is 10.1 Å². The Bertz CT molecular complexity index is 1530. The number of carboxylic acid groups (broad SMARTS) is 1. The Morgan fingerprint density at radius 1 is 0.786 bits per heavy atom. The van der Waals surface area contributed by atoms with Crippen molar-refractivity contribution in [3.05, 3.63) is 137 Å². The Morgan fingerprint density at radius 2 is 1.40 bits per heavy atom.